The Hall–Kier alpha value is -4.30. The molecule has 8 nitrogen and oxygen atoms in total. The van der Waals surface area contributed by atoms with E-state index >= 15 is 0 Å². The molecule has 8 rings (SSSR count). The van der Waals surface area contributed by atoms with Gasteiger partial charge in [0.25, 0.3) is 5.91 Å². The highest BCUT2D eigenvalue weighted by molar-refractivity contribution is 6.02. The summed E-state index contributed by atoms with van der Waals surface area (Å²) < 4.78 is 10.3. The maximum atomic E-state index is 13.7. The van der Waals surface area contributed by atoms with Crippen LogP contribution in [0.2, 0.25) is 0 Å². The number of aromatic nitrogens is 3. The van der Waals surface area contributed by atoms with Gasteiger partial charge in [0, 0.05) is 54.3 Å². The molecule has 5 aromatic rings. The van der Waals surface area contributed by atoms with Crippen molar-refractivity contribution in [3.05, 3.63) is 66.2 Å². The third-order valence-corrected chi connectivity index (χ3v) is 9.80. The summed E-state index contributed by atoms with van der Waals surface area (Å²) in [6.07, 6.45) is 4.49. The topological polar surface area (TPSA) is 98.5 Å². The van der Waals surface area contributed by atoms with Crippen molar-refractivity contribution < 1.29 is 14.6 Å². The number of nitrogens with zero attached hydrogens (tertiary/aromatic N) is 4. The number of aromatic hydroxyl groups is 1. The van der Waals surface area contributed by atoms with E-state index in [1.54, 1.807) is 13.2 Å². The van der Waals surface area contributed by atoms with Crippen LogP contribution < -0.4 is 10.5 Å². The third-order valence-electron chi connectivity index (χ3n) is 9.80. The zero-order valence-electron chi connectivity index (χ0n) is 24.0. The second kappa shape index (κ2) is 9.36. The quantitative estimate of drug-likeness (QED) is 0.283. The van der Waals surface area contributed by atoms with Crippen LogP contribution in [0.1, 0.15) is 36.0 Å². The highest BCUT2D eigenvalue weighted by Gasteiger charge is 2.47. The molecule has 3 aromatic carbocycles. The van der Waals surface area contributed by atoms with E-state index < -0.39 is 0 Å². The maximum Gasteiger partial charge on any atom is 0.254 e. The predicted molar refractivity (Wildman–Crippen MR) is 164 cm³/mol. The number of para-hydroxylation sites is 2. The first-order valence-corrected chi connectivity index (χ1v) is 14.9. The molecule has 3 fully saturated rings. The summed E-state index contributed by atoms with van der Waals surface area (Å²) in [4.78, 5) is 20.8. The molecule has 1 saturated heterocycles. The molecule has 3 heterocycles. The van der Waals surface area contributed by atoms with Crippen molar-refractivity contribution in [2.75, 3.05) is 13.7 Å². The number of piperidine rings is 1. The van der Waals surface area contributed by atoms with Crippen LogP contribution in [0.15, 0.2) is 60.7 Å². The minimum atomic E-state index is 0.000195. The highest BCUT2D eigenvalue weighted by Crippen LogP contribution is 2.42. The molecule has 1 aliphatic heterocycles. The van der Waals surface area contributed by atoms with E-state index in [0.29, 0.717) is 23.1 Å². The standard InChI is InChI=1S/C34H35N5O3/c1-37-32-25(14-22(16-29(32)42-2)34(41)39-18-21-12-13-26(39)30(21)35)36-33(37)27-15-20-6-5-8-24(23-7-3-4-9-28(23)40)31(20)38(27)17-19-10-11-19/h3-9,14-16,19,21,26,30,40H,10-13,17-18,35H2,1-2H3/t21-,26-,30-/m1/s1. The lowest BCUT2D eigenvalue weighted by atomic mass is 10.0. The Bertz CT molecular complexity index is 1880. The van der Waals surface area contributed by atoms with Crippen molar-refractivity contribution in [2.24, 2.45) is 24.6 Å². The number of carbonyl (C=O) groups excluding carboxylic acids is 1. The number of methoxy groups -OCH3 is 1. The molecule has 2 saturated carbocycles. The number of nitrogens with two attached hydrogens (primary N) is 1. The molecule has 3 aliphatic rings. The lowest BCUT2D eigenvalue weighted by Crippen LogP contribution is -2.41. The normalized spacial score (nSPS) is 21.6. The number of likely N-dealkylation sites (tertiary alicyclic amines) is 1. The fraction of sp³-hybridized carbons (Fsp3) is 0.353. The molecule has 1 amide bonds. The molecule has 0 radical (unpaired) electrons. The summed E-state index contributed by atoms with van der Waals surface area (Å²) in [5.74, 6) is 2.72. The van der Waals surface area contributed by atoms with E-state index in [9.17, 15) is 9.90 Å². The Kier molecular flexibility index (Phi) is 5.66. The van der Waals surface area contributed by atoms with Crippen LogP contribution in [0.4, 0.5) is 0 Å². The van der Waals surface area contributed by atoms with Gasteiger partial charge in [-0.25, -0.2) is 4.98 Å². The summed E-state index contributed by atoms with van der Waals surface area (Å²) in [6.45, 7) is 1.60. The molecular weight excluding hydrogens is 526 g/mol. The number of aryl methyl sites for hydroxylation is 1. The largest absolute Gasteiger partial charge is 0.507 e. The zero-order chi connectivity index (χ0) is 28.7. The monoisotopic (exact) mass is 561 g/mol. The van der Waals surface area contributed by atoms with Gasteiger partial charge in [0.15, 0.2) is 5.82 Å². The minimum Gasteiger partial charge on any atom is -0.507 e. The van der Waals surface area contributed by atoms with E-state index in [1.807, 2.05) is 48.3 Å². The van der Waals surface area contributed by atoms with Crippen LogP contribution in [-0.2, 0) is 13.6 Å². The van der Waals surface area contributed by atoms with Gasteiger partial charge in [0.2, 0.25) is 0 Å². The van der Waals surface area contributed by atoms with E-state index in [-0.39, 0.29) is 23.7 Å². The molecule has 2 bridgehead atoms. The fourth-order valence-electron chi connectivity index (χ4n) is 7.44. The van der Waals surface area contributed by atoms with Gasteiger partial charge in [-0.1, -0.05) is 36.4 Å². The zero-order valence-corrected chi connectivity index (χ0v) is 24.0. The van der Waals surface area contributed by atoms with Gasteiger partial charge in [-0.15, -0.1) is 0 Å². The average Bonchev–Trinajstić information content (AvgIpc) is 3.39. The molecular formula is C34H35N5O3. The van der Waals surface area contributed by atoms with Gasteiger partial charge in [-0.3, -0.25) is 4.79 Å². The van der Waals surface area contributed by atoms with Crippen molar-refractivity contribution in [2.45, 2.75) is 44.3 Å². The highest BCUT2D eigenvalue weighted by atomic mass is 16.5. The molecule has 3 atom stereocenters. The molecule has 42 heavy (non-hydrogen) atoms. The van der Waals surface area contributed by atoms with Crippen molar-refractivity contribution >= 4 is 27.8 Å². The lowest BCUT2D eigenvalue weighted by molar-refractivity contribution is 0.0700. The van der Waals surface area contributed by atoms with Crippen molar-refractivity contribution in [3.63, 3.8) is 0 Å². The molecule has 2 aliphatic carbocycles. The van der Waals surface area contributed by atoms with E-state index in [2.05, 4.69) is 27.3 Å². The Morgan fingerprint density at radius 1 is 1.02 bits per heavy atom. The third kappa shape index (κ3) is 3.78. The molecule has 8 heteroatoms. The number of phenolic OH excluding ortho intramolecular Hbond substituents is 1. The Labute approximate surface area is 244 Å². The second-order valence-corrected chi connectivity index (χ2v) is 12.3. The first-order chi connectivity index (χ1) is 20.4. The molecule has 214 valence electrons. The summed E-state index contributed by atoms with van der Waals surface area (Å²) in [6, 6.07) is 19.9. The van der Waals surface area contributed by atoms with Gasteiger partial charge in [0.1, 0.15) is 17.0 Å². The Morgan fingerprint density at radius 3 is 2.55 bits per heavy atom. The number of benzene rings is 3. The van der Waals surface area contributed by atoms with Gasteiger partial charge in [-0.05, 0) is 61.8 Å². The summed E-state index contributed by atoms with van der Waals surface area (Å²) in [5, 5.41) is 11.8. The Balaban J connectivity index is 1.29. The number of phenols is 1. The van der Waals surface area contributed by atoms with Gasteiger partial charge in [-0.2, -0.15) is 0 Å². The van der Waals surface area contributed by atoms with Crippen molar-refractivity contribution in [3.8, 4) is 34.1 Å². The fourth-order valence-corrected chi connectivity index (χ4v) is 7.44. The number of imidazole rings is 1. The van der Waals surface area contributed by atoms with E-state index in [4.69, 9.17) is 15.5 Å². The van der Waals surface area contributed by atoms with Crippen molar-refractivity contribution in [1.29, 1.82) is 0 Å². The first-order valence-electron chi connectivity index (χ1n) is 14.9. The number of carbonyl (C=O) groups is 1. The predicted octanol–water partition coefficient (Wildman–Crippen LogP) is 5.55. The SMILES string of the molecule is COc1cc(C(=O)N2C[C@H]3CC[C@@H]2[C@@H]3N)cc2nc(-c3cc4cccc(-c5ccccc5O)c4n3CC3CC3)n(C)c12. The number of rotatable bonds is 6. The van der Waals surface area contributed by atoms with Crippen LogP contribution in [0, 0.1) is 11.8 Å². The first kappa shape index (κ1) is 25.4. The van der Waals surface area contributed by atoms with Crippen molar-refractivity contribution in [1.82, 2.24) is 19.0 Å². The summed E-state index contributed by atoms with van der Waals surface area (Å²) >= 11 is 0. The Morgan fingerprint density at radius 2 is 1.83 bits per heavy atom. The van der Waals surface area contributed by atoms with Crippen LogP contribution in [0.25, 0.3) is 44.6 Å². The minimum absolute atomic E-state index is 0.000195. The number of hydrogen-bond acceptors (Lipinski definition) is 5. The van der Waals surface area contributed by atoms with E-state index in [1.165, 1.54) is 12.8 Å². The van der Waals surface area contributed by atoms with E-state index in [0.717, 1.165) is 70.5 Å². The van der Waals surface area contributed by atoms with Crippen LogP contribution in [0.3, 0.4) is 0 Å². The van der Waals surface area contributed by atoms with Gasteiger partial charge < -0.3 is 29.6 Å². The molecule has 0 unspecified atom stereocenters. The number of fused-ring (bicyclic) bond motifs is 4. The molecule has 3 N–H and O–H groups in total. The summed E-state index contributed by atoms with van der Waals surface area (Å²) in [5.41, 5.74) is 12.5. The maximum absolute atomic E-state index is 13.7. The number of amides is 1. The van der Waals surface area contributed by atoms with Crippen LogP contribution in [0.5, 0.6) is 11.5 Å². The molecule has 2 aromatic heterocycles. The summed E-state index contributed by atoms with van der Waals surface area (Å²) in [7, 11) is 3.66. The van der Waals surface area contributed by atoms with Gasteiger partial charge >= 0.3 is 0 Å². The van der Waals surface area contributed by atoms with Crippen LogP contribution >= 0.6 is 0 Å². The molecule has 0 spiro atoms. The van der Waals surface area contributed by atoms with Gasteiger partial charge in [0.05, 0.1) is 23.8 Å². The van der Waals surface area contributed by atoms with Crippen LogP contribution in [-0.4, -0.2) is 55.8 Å². The number of ether oxygens (including phenoxy) is 1. The lowest BCUT2D eigenvalue weighted by Gasteiger charge is -2.27. The second-order valence-electron chi connectivity index (χ2n) is 12.3. The average molecular weight is 562 g/mol. The number of hydrogen-bond donors (Lipinski definition) is 2. The smallest absolute Gasteiger partial charge is 0.254 e.